The number of hydrogen-bond donors (Lipinski definition) is 1. The Morgan fingerprint density at radius 2 is 1.48 bits per heavy atom. The molecule has 0 spiro atoms. The van der Waals surface area contributed by atoms with E-state index in [-0.39, 0.29) is 6.61 Å². The number of aliphatic imine (C=N–C) groups is 1. The van der Waals surface area contributed by atoms with Gasteiger partial charge in [0.2, 0.25) is 0 Å². The molecule has 0 bridgehead atoms. The minimum Gasteiger partial charge on any atom is -0.497 e. The van der Waals surface area contributed by atoms with Crippen LogP contribution in [-0.4, -0.2) is 112 Å². The van der Waals surface area contributed by atoms with E-state index in [4.69, 9.17) is 24.3 Å². The quantitative estimate of drug-likeness (QED) is 0.185. The number of piperazine rings is 1. The number of rotatable bonds is 10. The minimum atomic E-state index is 0.0898. The third-order valence-corrected chi connectivity index (χ3v) is 10.7. The van der Waals surface area contributed by atoms with Gasteiger partial charge in [-0.3, -0.25) is 4.90 Å². The number of methoxy groups -OCH3 is 1. The molecule has 9 heteroatoms. The van der Waals surface area contributed by atoms with Crippen molar-refractivity contribution >= 4 is 23.3 Å². The molecule has 0 aliphatic carbocycles. The molecule has 3 aliphatic heterocycles. The van der Waals surface area contributed by atoms with Crippen LogP contribution in [0.3, 0.4) is 0 Å². The summed E-state index contributed by atoms with van der Waals surface area (Å²) in [5.41, 5.74) is 3.70. The van der Waals surface area contributed by atoms with Crippen molar-refractivity contribution in [2.24, 2.45) is 10.9 Å². The van der Waals surface area contributed by atoms with Gasteiger partial charge in [-0.15, -0.1) is 0 Å². The topological polar surface area (TPSA) is 70.0 Å². The molecule has 2 saturated heterocycles. The first-order valence-corrected chi connectivity index (χ1v) is 18.5. The van der Waals surface area contributed by atoms with Gasteiger partial charge in [0, 0.05) is 60.5 Å². The second-order valence-corrected chi connectivity index (χ2v) is 14.1. The second kappa shape index (κ2) is 18.4. The molecule has 0 saturated carbocycles. The number of amidine groups is 1. The number of piperidine rings is 1. The predicted molar refractivity (Wildman–Crippen MR) is 202 cm³/mol. The van der Waals surface area contributed by atoms with E-state index in [0.717, 1.165) is 75.4 Å². The van der Waals surface area contributed by atoms with E-state index < -0.39 is 0 Å². The van der Waals surface area contributed by atoms with E-state index in [9.17, 15) is 0 Å². The van der Waals surface area contributed by atoms with E-state index in [1.54, 1.807) is 18.9 Å². The van der Waals surface area contributed by atoms with Gasteiger partial charge in [-0.25, -0.2) is 4.99 Å². The summed E-state index contributed by atoms with van der Waals surface area (Å²) in [7, 11) is 3.87. The van der Waals surface area contributed by atoms with Crippen molar-refractivity contribution in [3.05, 3.63) is 114 Å². The van der Waals surface area contributed by atoms with Crippen molar-refractivity contribution in [2.45, 2.75) is 22.1 Å². The highest BCUT2D eigenvalue weighted by atomic mass is 32.2. The van der Waals surface area contributed by atoms with E-state index >= 15 is 0 Å². The summed E-state index contributed by atoms with van der Waals surface area (Å²) in [6.07, 6.45) is 1.19. The normalized spacial score (nSPS) is 19.3. The van der Waals surface area contributed by atoms with E-state index in [2.05, 4.69) is 101 Å². The van der Waals surface area contributed by atoms with Gasteiger partial charge in [0.15, 0.2) is 0 Å². The summed E-state index contributed by atoms with van der Waals surface area (Å²) in [5.74, 6) is 3.94. The van der Waals surface area contributed by atoms with Crippen molar-refractivity contribution in [2.75, 3.05) is 86.4 Å². The lowest BCUT2D eigenvalue weighted by Crippen LogP contribution is -2.49. The van der Waals surface area contributed by atoms with Crippen LogP contribution in [0.5, 0.6) is 11.5 Å². The van der Waals surface area contributed by atoms with Crippen LogP contribution >= 0.6 is 11.8 Å². The monoisotopic (exact) mass is 694 g/mol. The SMILES string of the molecule is COc1ccc(OC[C@H]2CN(C)CC[C@@H]2c2ccccc2)cc1.OCCOCCN1CCN(C2=Nc3ccccc3Sc3ccccc32)CC1. The van der Waals surface area contributed by atoms with Crippen LogP contribution in [0, 0.1) is 5.92 Å². The molecule has 0 radical (unpaired) electrons. The van der Waals surface area contributed by atoms with Gasteiger partial charge in [0.25, 0.3) is 0 Å². The largest absolute Gasteiger partial charge is 0.497 e. The minimum absolute atomic E-state index is 0.0898. The molecule has 1 N–H and O–H groups in total. The molecule has 0 aromatic heterocycles. The van der Waals surface area contributed by atoms with Gasteiger partial charge in [-0.05, 0) is 74.0 Å². The van der Waals surface area contributed by atoms with Crippen molar-refractivity contribution in [3.8, 4) is 11.5 Å². The lowest BCUT2D eigenvalue weighted by molar-refractivity contribution is 0.0652. The third-order valence-electron chi connectivity index (χ3n) is 9.59. The molecular formula is C41H50N4O4S. The lowest BCUT2D eigenvalue weighted by atomic mass is 9.81. The van der Waals surface area contributed by atoms with Crippen molar-refractivity contribution in [1.82, 2.24) is 14.7 Å². The van der Waals surface area contributed by atoms with Crippen LogP contribution in [0.4, 0.5) is 5.69 Å². The smallest absolute Gasteiger partial charge is 0.137 e. The third kappa shape index (κ3) is 9.68. The molecule has 264 valence electrons. The number of likely N-dealkylation sites (tertiary alicyclic amines) is 1. The molecule has 4 aromatic rings. The lowest BCUT2D eigenvalue weighted by Gasteiger charge is -2.37. The van der Waals surface area contributed by atoms with Crippen LogP contribution in [0.15, 0.2) is 118 Å². The fourth-order valence-electron chi connectivity index (χ4n) is 6.85. The van der Waals surface area contributed by atoms with Gasteiger partial charge in [-0.1, -0.05) is 72.4 Å². The molecule has 0 amide bonds. The van der Waals surface area contributed by atoms with Gasteiger partial charge >= 0.3 is 0 Å². The number of nitrogens with zero attached hydrogens (tertiary/aromatic N) is 4. The predicted octanol–water partition coefficient (Wildman–Crippen LogP) is 6.67. The fraction of sp³-hybridized carbons (Fsp3) is 0.390. The maximum Gasteiger partial charge on any atom is 0.137 e. The molecule has 0 unspecified atom stereocenters. The second-order valence-electron chi connectivity index (χ2n) is 13.0. The number of aliphatic hydroxyl groups is 1. The molecule has 8 nitrogen and oxygen atoms in total. The summed E-state index contributed by atoms with van der Waals surface area (Å²) in [5, 5.41) is 8.79. The van der Waals surface area contributed by atoms with Crippen LogP contribution in [-0.2, 0) is 4.74 Å². The van der Waals surface area contributed by atoms with Crippen LogP contribution in [0.1, 0.15) is 23.5 Å². The molecule has 50 heavy (non-hydrogen) atoms. The maximum atomic E-state index is 8.79. The Morgan fingerprint density at radius 3 is 2.24 bits per heavy atom. The Morgan fingerprint density at radius 1 is 0.780 bits per heavy atom. The summed E-state index contributed by atoms with van der Waals surface area (Å²) >= 11 is 1.80. The van der Waals surface area contributed by atoms with E-state index in [1.807, 2.05) is 24.3 Å². The first-order chi connectivity index (χ1) is 24.6. The Labute approximate surface area is 301 Å². The Kier molecular flexibility index (Phi) is 13.2. The first-order valence-electron chi connectivity index (χ1n) is 17.7. The number of hydrogen-bond acceptors (Lipinski definition) is 9. The van der Waals surface area contributed by atoms with Crippen LogP contribution < -0.4 is 9.47 Å². The van der Waals surface area contributed by atoms with Gasteiger partial charge in [-0.2, -0.15) is 0 Å². The number of fused-ring (bicyclic) bond motifs is 2. The zero-order valence-electron chi connectivity index (χ0n) is 29.3. The summed E-state index contributed by atoms with van der Waals surface area (Å²) in [4.78, 5) is 14.8. The van der Waals surface area contributed by atoms with E-state index in [0.29, 0.717) is 25.0 Å². The highest BCUT2D eigenvalue weighted by Gasteiger charge is 2.29. The first kappa shape index (κ1) is 35.9. The molecule has 3 heterocycles. The maximum absolute atomic E-state index is 8.79. The molecular weight excluding hydrogens is 645 g/mol. The summed E-state index contributed by atoms with van der Waals surface area (Å²) < 4.78 is 16.7. The van der Waals surface area contributed by atoms with Crippen LogP contribution in [0.25, 0.3) is 0 Å². The van der Waals surface area contributed by atoms with Gasteiger partial charge < -0.3 is 29.1 Å². The fourth-order valence-corrected chi connectivity index (χ4v) is 7.87. The Balaban J connectivity index is 0.000000175. The number of ether oxygens (including phenoxy) is 3. The molecule has 3 aliphatic rings. The van der Waals surface area contributed by atoms with E-state index in [1.165, 1.54) is 27.3 Å². The van der Waals surface area contributed by atoms with Crippen molar-refractivity contribution in [1.29, 1.82) is 0 Å². The zero-order chi connectivity index (χ0) is 34.5. The average Bonchev–Trinajstić information content (AvgIpc) is 3.34. The number of aliphatic hydroxyl groups excluding tert-OH is 1. The molecule has 7 rings (SSSR count). The molecule has 4 aromatic carbocycles. The Hall–Kier alpha value is -3.86. The standard InChI is InChI=1S/C21H25N3O2S.C20H25NO2/c25-14-16-26-15-13-23-9-11-24(12-10-23)21-17-5-1-3-7-19(17)27-20-8-4-2-6-18(20)22-21;1-21-13-12-20(16-6-4-3-5-7-16)17(14-21)15-23-19-10-8-18(22-2)9-11-19/h1-8,25H,9-16H2;3-11,17,20H,12-15H2,1-2H3/t;17-,20-/m.1/s1. The highest BCUT2D eigenvalue weighted by molar-refractivity contribution is 7.99. The Bertz CT molecular complexity index is 1650. The molecule has 2 fully saturated rings. The van der Waals surface area contributed by atoms with Gasteiger partial charge in [0.05, 0.1) is 39.2 Å². The van der Waals surface area contributed by atoms with Crippen molar-refractivity contribution < 1.29 is 19.3 Å². The van der Waals surface area contributed by atoms with Crippen LogP contribution in [0.2, 0.25) is 0 Å². The summed E-state index contributed by atoms with van der Waals surface area (Å²) in [6, 6.07) is 35.6. The number of benzene rings is 4. The van der Waals surface area contributed by atoms with Gasteiger partial charge in [0.1, 0.15) is 17.3 Å². The zero-order valence-corrected chi connectivity index (χ0v) is 30.1. The van der Waals surface area contributed by atoms with Crippen molar-refractivity contribution in [3.63, 3.8) is 0 Å². The average molecular weight is 695 g/mol. The highest BCUT2D eigenvalue weighted by Crippen LogP contribution is 2.40. The number of para-hydroxylation sites is 1. The summed E-state index contributed by atoms with van der Waals surface area (Å²) in [6.45, 7) is 8.99. The molecule has 2 atom stereocenters.